The number of hydrogen-bond acceptors (Lipinski definition) is 4. The highest BCUT2D eigenvalue weighted by molar-refractivity contribution is 5.92. The van der Waals surface area contributed by atoms with Crippen LogP contribution in [-0.2, 0) is 9.53 Å². The van der Waals surface area contributed by atoms with E-state index < -0.39 is 11.7 Å². The molecular formula is C14H26N2O3. The van der Waals surface area contributed by atoms with E-state index in [0.29, 0.717) is 6.54 Å². The molecule has 0 aliphatic carbocycles. The highest BCUT2D eigenvalue weighted by atomic mass is 16.6. The van der Waals surface area contributed by atoms with E-state index in [-0.39, 0.29) is 11.8 Å². The van der Waals surface area contributed by atoms with Crippen LogP contribution in [-0.4, -0.2) is 35.3 Å². The summed E-state index contributed by atoms with van der Waals surface area (Å²) in [6.45, 7) is 9.30. The lowest BCUT2D eigenvalue weighted by Gasteiger charge is -2.26. The molecule has 0 aliphatic rings. The number of rotatable bonds is 6. The van der Waals surface area contributed by atoms with E-state index in [0.717, 1.165) is 25.5 Å². The van der Waals surface area contributed by atoms with Gasteiger partial charge in [0.1, 0.15) is 17.7 Å². The summed E-state index contributed by atoms with van der Waals surface area (Å²) in [6.07, 6.45) is 2.87. The van der Waals surface area contributed by atoms with Crippen LogP contribution in [0.25, 0.3) is 0 Å². The van der Waals surface area contributed by atoms with Gasteiger partial charge in [0.25, 0.3) is 0 Å². The van der Waals surface area contributed by atoms with Crippen LogP contribution < -0.4 is 0 Å². The third kappa shape index (κ3) is 8.35. The van der Waals surface area contributed by atoms with E-state index >= 15 is 0 Å². The summed E-state index contributed by atoms with van der Waals surface area (Å²) in [7, 11) is 0. The van der Waals surface area contributed by atoms with Gasteiger partial charge in [-0.05, 0) is 40.5 Å². The lowest BCUT2D eigenvalue weighted by atomic mass is 10.1. The van der Waals surface area contributed by atoms with Crippen LogP contribution in [0.2, 0.25) is 0 Å². The predicted molar refractivity (Wildman–Crippen MR) is 75.4 cm³/mol. The van der Waals surface area contributed by atoms with E-state index in [4.69, 9.17) is 10.1 Å². The molecule has 0 rings (SSSR count). The molecule has 0 bridgehead atoms. The Kier molecular flexibility index (Phi) is 7.34. The van der Waals surface area contributed by atoms with E-state index in [1.165, 1.54) is 4.90 Å². The average Bonchev–Trinajstić information content (AvgIpc) is 2.25. The van der Waals surface area contributed by atoms with Crippen LogP contribution in [0.4, 0.5) is 4.79 Å². The molecule has 0 heterocycles. The molecule has 1 N–H and O–H groups in total. The van der Waals surface area contributed by atoms with Gasteiger partial charge < -0.3 is 9.53 Å². The second-order valence-electron chi connectivity index (χ2n) is 5.83. The number of amides is 1. The third-order valence-corrected chi connectivity index (χ3v) is 2.54. The van der Waals surface area contributed by atoms with Crippen molar-refractivity contribution in [2.75, 3.05) is 6.54 Å². The smallest absolute Gasteiger partial charge is 0.415 e. The molecular weight excluding hydrogens is 244 g/mol. The first-order chi connectivity index (χ1) is 8.67. The van der Waals surface area contributed by atoms with Crippen LogP contribution >= 0.6 is 0 Å². The fourth-order valence-electron chi connectivity index (χ4n) is 1.52. The molecule has 0 fully saturated rings. The van der Waals surface area contributed by atoms with Gasteiger partial charge in [0.2, 0.25) is 0 Å². The zero-order valence-electron chi connectivity index (χ0n) is 12.7. The standard InChI is InChI=1S/C14H26N2O3/c1-11(10-17)8-6-7-9-16(12(2)15)13(18)19-14(3,4)5/h10-11,15H,6-9H2,1-5H3/t11-/m0/s1. The van der Waals surface area contributed by atoms with E-state index in [2.05, 4.69) is 0 Å². The molecule has 5 heteroatoms. The Morgan fingerprint density at radius 3 is 2.37 bits per heavy atom. The minimum absolute atomic E-state index is 0.0519. The first kappa shape index (κ1) is 17.6. The van der Waals surface area contributed by atoms with Crippen LogP contribution in [0.5, 0.6) is 0 Å². The predicted octanol–water partition coefficient (Wildman–Crippen LogP) is 3.23. The summed E-state index contributed by atoms with van der Waals surface area (Å²) in [6, 6.07) is 0. The number of hydrogen-bond donors (Lipinski definition) is 1. The number of aldehydes is 1. The maximum atomic E-state index is 11.9. The van der Waals surface area contributed by atoms with Crippen molar-refractivity contribution < 1.29 is 14.3 Å². The SMILES string of the molecule is CC(=N)N(CCCC[C@H](C)C=O)C(=O)OC(C)(C)C. The molecule has 0 aromatic carbocycles. The highest BCUT2D eigenvalue weighted by Gasteiger charge is 2.22. The fourth-order valence-corrected chi connectivity index (χ4v) is 1.52. The fraction of sp³-hybridized carbons (Fsp3) is 0.786. The summed E-state index contributed by atoms with van der Waals surface area (Å²) >= 11 is 0. The van der Waals surface area contributed by atoms with Gasteiger partial charge in [0, 0.05) is 12.5 Å². The van der Waals surface area contributed by atoms with Crippen LogP contribution in [0.1, 0.15) is 53.9 Å². The Bertz CT molecular complexity index is 321. The maximum Gasteiger partial charge on any atom is 0.415 e. The second kappa shape index (κ2) is 7.92. The number of nitrogens with one attached hydrogen (secondary N) is 1. The monoisotopic (exact) mass is 270 g/mol. The Morgan fingerprint density at radius 1 is 1.37 bits per heavy atom. The average molecular weight is 270 g/mol. The highest BCUT2D eigenvalue weighted by Crippen LogP contribution is 2.12. The number of ether oxygens (including phenoxy) is 1. The van der Waals surface area contributed by atoms with Crippen molar-refractivity contribution in [3.05, 3.63) is 0 Å². The molecule has 19 heavy (non-hydrogen) atoms. The van der Waals surface area contributed by atoms with Crippen molar-refractivity contribution >= 4 is 18.2 Å². The summed E-state index contributed by atoms with van der Waals surface area (Å²) in [4.78, 5) is 23.7. The van der Waals surface area contributed by atoms with Crippen molar-refractivity contribution in [1.29, 1.82) is 5.41 Å². The molecule has 0 aromatic rings. The molecule has 0 radical (unpaired) electrons. The van der Waals surface area contributed by atoms with Gasteiger partial charge in [-0.15, -0.1) is 0 Å². The van der Waals surface area contributed by atoms with Gasteiger partial charge in [-0.25, -0.2) is 4.79 Å². The quantitative estimate of drug-likeness (QED) is 0.348. The Morgan fingerprint density at radius 2 is 1.95 bits per heavy atom. The summed E-state index contributed by atoms with van der Waals surface area (Å²) in [5.41, 5.74) is -0.559. The first-order valence-corrected chi connectivity index (χ1v) is 6.68. The first-order valence-electron chi connectivity index (χ1n) is 6.68. The molecule has 110 valence electrons. The van der Waals surface area contributed by atoms with Gasteiger partial charge in [-0.3, -0.25) is 10.3 Å². The van der Waals surface area contributed by atoms with Crippen molar-refractivity contribution in [1.82, 2.24) is 4.90 Å². The number of amidine groups is 1. The van der Waals surface area contributed by atoms with Crippen molar-refractivity contribution in [3.63, 3.8) is 0 Å². The zero-order chi connectivity index (χ0) is 15.1. The lowest BCUT2D eigenvalue weighted by molar-refractivity contribution is -0.110. The molecule has 5 nitrogen and oxygen atoms in total. The van der Waals surface area contributed by atoms with E-state index in [1.54, 1.807) is 27.7 Å². The lowest BCUT2D eigenvalue weighted by Crippen LogP contribution is -2.40. The number of carbonyl (C=O) groups excluding carboxylic acids is 2. The molecule has 1 amide bonds. The molecule has 0 saturated carbocycles. The van der Waals surface area contributed by atoms with Gasteiger partial charge in [-0.2, -0.15) is 0 Å². The molecule has 0 saturated heterocycles. The molecule has 1 atom stereocenters. The summed E-state index contributed by atoms with van der Waals surface area (Å²) in [5, 5.41) is 7.61. The third-order valence-electron chi connectivity index (χ3n) is 2.54. The van der Waals surface area contributed by atoms with Gasteiger partial charge in [0.05, 0.1) is 0 Å². The minimum atomic E-state index is -0.559. The molecule has 0 aromatic heterocycles. The summed E-state index contributed by atoms with van der Waals surface area (Å²) < 4.78 is 5.25. The molecule has 0 unspecified atom stereocenters. The Hall–Kier alpha value is -1.39. The molecule has 0 aliphatic heterocycles. The van der Waals surface area contributed by atoms with Crippen molar-refractivity contribution in [2.45, 2.75) is 59.5 Å². The minimum Gasteiger partial charge on any atom is -0.443 e. The number of unbranched alkanes of at least 4 members (excludes halogenated alkanes) is 1. The Balaban J connectivity index is 4.24. The van der Waals surface area contributed by atoms with Gasteiger partial charge in [0.15, 0.2) is 0 Å². The normalized spacial score (nSPS) is 12.7. The maximum absolute atomic E-state index is 11.9. The Labute approximate surface area is 115 Å². The molecule has 0 spiro atoms. The van der Waals surface area contributed by atoms with Crippen LogP contribution in [0, 0.1) is 11.3 Å². The number of carbonyl (C=O) groups is 2. The van der Waals surface area contributed by atoms with Gasteiger partial charge >= 0.3 is 6.09 Å². The van der Waals surface area contributed by atoms with E-state index in [9.17, 15) is 9.59 Å². The van der Waals surface area contributed by atoms with E-state index in [1.807, 2.05) is 6.92 Å². The zero-order valence-corrected chi connectivity index (χ0v) is 12.7. The second-order valence-corrected chi connectivity index (χ2v) is 5.83. The number of nitrogens with zero attached hydrogens (tertiary/aromatic N) is 1. The largest absolute Gasteiger partial charge is 0.443 e. The van der Waals surface area contributed by atoms with Crippen molar-refractivity contribution in [2.24, 2.45) is 5.92 Å². The van der Waals surface area contributed by atoms with Crippen LogP contribution in [0.3, 0.4) is 0 Å². The van der Waals surface area contributed by atoms with Gasteiger partial charge in [-0.1, -0.05) is 13.3 Å². The van der Waals surface area contributed by atoms with Crippen molar-refractivity contribution in [3.8, 4) is 0 Å². The van der Waals surface area contributed by atoms with Crippen LogP contribution in [0.15, 0.2) is 0 Å². The topological polar surface area (TPSA) is 70.5 Å². The summed E-state index contributed by atoms with van der Waals surface area (Å²) in [5.74, 6) is 0.230.